The van der Waals surface area contributed by atoms with Crippen LogP contribution in [0, 0.1) is 0 Å². The summed E-state index contributed by atoms with van der Waals surface area (Å²) in [5.41, 5.74) is 5.38. The SMILES string of the molecule is CC1(C)CCC(CN)N1O. The monoisotopic (exact) mass is 144 g/mol. The molecule has 0 spiro atoms. The molecule has 0 aromatic rings. The van der Waals surface area contributed by atoms with Crippen LogP contribution in [0.5, 0.6) is 0 Å². The molecular weight excluding hydrogens is 128 g/mol. The third kappa shape index (κ3) is 1.17. The van der Waals surface area contributed by atoms with E-state index in [0.29, 0.717) is 6.54 Å². The maximum Gasteiger partial charge on any atom is 0.0479 e. The van der Waals surface area contributed by atoms with Crippen molar-refractivity contribution in [3.63, 3.8) is 0 Å². The van der Waals surface area contributed by atoms with Crippen molar-refractivity contribution in [1.82, 2.24) is 5.06 Å². The normalized spacial score (nSPS) is 33.0. The fourth-order valence-electron chi connectivity index (χ4n) is 1.47. The van der Waals surface area contributed by atoms with Gasteiger partial charge in [0.15, 0.2) is 0 Å². The second-order valence-electron chi connectivity index (χ2n) is 3.59. The lowest BCUT2D eigenvalue weighted by atomic mass is 10.0. The summed E-state index contributed by atoms with van der Waals surface area (Å²) in [5, 5.41) is 10.9. The van der Waals surface area contributed by atoms with E-state index in [1.807, 2.05) is 13.8 Å². The predicted octanol–water partition coefficient (Wildman–Crippen LogP) is 0.577. The van der Waals surface area contributed by atoms with Gasteiger partial charge in [-0.15, -0.1) is 0 Å². The maximum absolute atomic E-state index is 9.47. The fourth-order valence-corrected chi connectivity index (χ4v) is 1.47. The van der Waals surface area contributed by atoms with Gasteiger partial charge in [-0.25, -0.2) is 0 Å². The Morgan fingerprint density at radius 2 is 2.30 bits per heavy atom. The summed E-state index contributed by atoms with van der Waals surface area (Å²) < 4.78 is 0. The first-order valence-corrected chi connectivity index (χ1v) is 3.76. The second-order valence-corrected chi connectivity index (χ2v) is 3.59. The van der Waals surface area contributed by atoms with Crippen LogP contribution >= 0.6 is 0 Å². The van der Waals surface area contributed by atoms with Gasteiger partial charge in [0, 0.05) is 18.1 Å². The molecule has 10 heavy (non-hydrogen) atoms. The van der Waals surface area contributed by atoms with Crippen LogP contribution in [0.3, 0.4) is 0 Å². The van der Waals surface area contributed by atoms with E-state index >= 15 is 0 Å². The van der Waals surface area contributed by atoms with Gasteiger partial charge in [-0.1, -0.05) is 0 Å². The standard InChI is InChI=1S/C7H16N2O/c1-7(2)4-3-6(5-8)9(7)10/h6,10H,3-5,8H2,1-2H3. The number of hydrogen-bond donors (Lipinski definition) is 2. The van der Waals surface area contributed by atoms with Crippen LogP contribution in [0.2, 0.25) is 0 Å². The molecule has 3 N–H and O–H groups in total. The van der Waals surface area contributed by atoms with Gasteiger partial charge in [-0.05, 0) is 26.7 Å². The van der Waals surface area contributed by atoms with E-state index in [1.54, 1.807) is 0 Å². The van der Waals surface area contributed by atoms with Crippen molar-refractivity contribution in [2.24, 2.45) is 5.73 Å². The predicted molar refractivity (Wildman–Crippen MR) is 39.8 cm³/mol. The van der Waals surface area contributed by atoms with Crippen molar-refractivity contribution in [3.05, 3.63) is 0 Å². The number of nitrogens with two attached hydrogens (primary N) is 1. The molecule has 1 aliphatic heterocycles. The van der Waals surface area contributed by atoms with Gasteiger partial charge in [0.1, 0.15) is 0 Å². The molecule has 1 saturated heterocycles. The molecule has 1 unspecified atom stereocenters. The van der Waals surface area contributed by atoms with Crippen molar-refractivity contribution in [3.8, 4) is 0 Å². The lowest BCUT2D eigenvalue weighted by Crippen LogP contribution is -2.43. The Hall–Kier alpha value is -0.120. The topological polar surface area (TPSA) is 49.5 Å². The van der Waals surface area contributed by atoms with Crippen LogP contribution in [0.15, 0.2) is 0 Å². The lowest BCUT2D eigenvalue weighted by molar-refractivity contribution is -0.161. The van der Waals surface area contributed by atoms with Crippen LogP contribution in [-0.2, 0) is 0 Å². The van der Waals surface area contributed by atoms with Gasteiger partial charge in [0.2, 0.25) is 0 Å². The first kappa shape index (κ1) is 7.98. The van der Waals surface area contributed by atoms with E-state index in [-0.39, 0.29) is 11.6 Å². The van der Waals surface area contributed by atoms with Crippen molar-refractivity contribution >= 4 is 0 Å². The summed E-state index contributed by atoms with van der Waals surface area (Å²) in [6.07, 6.45) is 2.05. The van der Waals surface area contributed by atoms with Gasteiger partial charge >= 0.3 is 0 Å². The maximum atomic E-state index is 9.47. The van der Waals surface area contributed by atoms with E-state index < -0.39 is 0 Å². The van der Waals surface area contributed by atoms with E-state index in [2.05, 4.69) is 0 Å². The molecule has 1 fully saturated rings. The highest BCUT2D eigenvalue weighted by atomic mass is 16.5. The summed E-state index contributed by atoms with van der Waals surface area (Å²) in [7, 11) is 0. The van der Waals surface area contributed by atoms with E-state index in [0.717, 1.165) is 12.8 Å². The molecular formula is C7H16N2O. The highest BCUT2D eigenvalue weighted by molar-refractivity contribution is 4.89. The first-order valence-electron chi connectivity index (χ1n) is 3.76. The molecule has 0 aromatic carbocycles. The molecule has 60 valence electrons. The van der Waals surface area contributed by atoms with Crippen LogP contribution in [0.4, 0.5) is 0 Å². The third-order valence-corrected chi connectivity index (χ3v) is 2.33. The molecule has 0 amide bonds. The number of rotatable bonds is 1. The smallest absolute Gasteiger partial charge is 0.0479 e. The molecule has 1 aliphatic rings. The molecule has 0 aliphatic carbocycles. The Labute approximate surface area is 61.8 Å². The zero-order chi connectivity index (χ0) is 7.78. The number of hydroxylamine groups is 2. The van der Waals surface area contributed by atoms with Crippen LogP contribution in [0.25, 0.3) is 0 Å². The second kappa shape index (κ2) is 2.49. The Morgan fingerprint density at radius 3 is 2.50 bits per heavy atom. The molecule has 0 bridgehead atoms. The Morgan fingerprint density at radius 1 is 1.70 bits per heavy atom. The fraction of sp³-hybridized carbons (Fsp3) is 1.00. The Kier molecular flexibility index (Phi) is 1.99. The van der Waals surface area contributed by atoms with Gasteiger partial charge in [0.25, 0.3) is 0 Å². The molecule has 0 aromatic heterocycles. The van der Waals surface area contributed by atoms with Gasteiger partial charge in [-0.3, -0.25) is 0 Å². The van der Waals surface area contributed by atoms with Crippen molar-refractivity contribution in [2.75, 3.05) is 6.54 Å². The molecule has 3 nitrogen and oxygen atoms in total. The summed E-state index contributed by atoms with van der Waals surface area (Å²) in [5.74, 6) is 0. The first-order chi connectivity index (χ1) is 4.58. The van der Waals surface area contributed by atoms with Gasteiger partial charge < -0.3 is 10.9 Å². The minimum Gasteiger partial charge on any atom is -0.329 e. The largest absolute Gasteiger partial charge is 0.329 e. The summed E-state index contributed by atoms with van der Waals surface area (Å²) in [6, 6.07) is 0.176. The number of hydrogen-bond acceptors (Lipinski definition) is 3. The quantitative estimate of drug-likeness (QED) is 0.566. The highest BCUT2D eigenvalue weighted by Gasteiger charge is 2.37. The zero-order valence-electron chi connectivity index (χ0n) is 6.67. The highest BCUT2D eigenvalue weighted by Crippen LogP contribution is 2.30. The third-order valence-electron chi connectivity index (χ3n) is 2.33. The molecule has 1 heterocycles. The molecule has 0 saturated carbocycles. The minimum atomic E-state index is -0.0654. The van der Waals surface area contributed by atoms with Crippen molar-refractivity contribution < 1.29 is 5.21 Å². The lowest BCUT2D eigenvalue weighted by Gasteiger charge is -2.28. The molecule has 3 heteroatoms. The zero-order valence-corrected chi connectivity index (χ0v) is 6.67. The van der Waals surface area contributed by atoms with Crippen LogP contribution in [0.1, 0.15) is 26.7 Å². The van der Waals surface area contributed by atoms with E-state index in [4.69, 9.17) is 5.73 Å². The Bertz CT molecular complexity index is 125. The summed E-state index contributed by atoms with van der Waals surface area (Å²) in [4.78, 5) is 0. The minimum absolute atomic E-state index is 0.0654. The van der Waals surface area contributed by atoms with Gasteiger partial charge in [0.05, 0.1) is 0 Å². The average molecular weight is 144 g/mol. The van der Waals surface area contributed by atoms with Crippen LogP contribution in [-0.4, -0.2) is 28.4 Å². The van der Waals surface area contributed by atoms with E-state index in [9.17, 15) is 5.21 Å². The molecule has 0 radical (unpaired) electrons. The van der Waals surface area contributed by atoms with E-state index in [1.165, 1.54) is 5.06 Å². The average Bonchev–Trinajstić information content (AvgIpc) is 2.10. The van der Waals surface area contributed by atoms with Crippen molar-refractivity contribution in [1.29, 1.82) is 0 Å². The molecule has 1 rings (SSSR count). The Balaban J connectivity index is 2.58. The van der Waals surface area contributed by atoms with Crippen LogP contribution < -0.4 is 5.73 Å². The summed E-state index contributed by atoms with van der Waals surface area (Å²) >= 11 is 0. The number of nitrogens with zero attached hydrogens (tertiary/aromatic N) is 1. The van der Waals surface area contributed by atoms with Crippen molar-refractivity contribution in [2.45, 2.75) is 38.3 Å². The summed E-state index contributed by atoms with van der Waals surface area (Å²) in [6.45, 7) is 4.62. The van der Waals surface area contributed by atoms with Gasteiger partial charge in [-0.2, -0.15) is 5.06 Å². The molecule has 1 atom stereocenters.